The van der Waals surface area contributed by atoms with Crippen molar-refractivity contribution in [1.82, 2.24) is 0 Å². The van der Waals surface area contributed by atoms with Gasteiger partial charge in [-0.2, -0.15) is 0 Å². The fourth-order valence-electron chi connectivity index (χ4n) is 2.79. The molecule has 3 atom stereocenters. The smallest absolute Gasteiger partial charge is 0.378 e. The number of hydrogen-bond donors (Lipinski definition) is 4. The number of hydrogen-bond acceptors (Lipinski definition) is 6. The largest absolute Gasteiger partial charge is 0.505 e. The van der Waals surface area contributed by atoms with E-state index in [1.54, 1.807) is 48.5 Å². The highest BCUT2D eigenvalue weighted by Crippen LogP contribution is 2.43. The summed E-state index contributed by atoms with van der Waals surface area (Å²) in [5.74, 6) is -2.96. The minimum atomic E-state index is -2.19. The van der Waals surface area contributed by atoms with Crippen molar-refractivity contribution in [2.24, 2.45) is 0 Å². The average molecular weight is 328 g/mol. The van der Waals surface area contributed by atoms with Gasteiger partial charge in [0.1, 0.15) is 6.10 Å². The van der Waals surface area contributed by atoms with Crippen molar-refractivity contribution in [1.29, 1.82) is 0 Å². The highest BCUT2D eigenvalue weighted by molar-refractivity contribution is 5.89. The molecular formula is C18H16O6. The second kappa shape index (κ2) is 5.99. The number of ether oxygens (including phenoxy) is 1. The van der Waals surface area contributed by atoms with Crippen LogP contribution in [0, 0.1) is 0 Å². The highest BCUT2D eigenvalue weighted by Gasteiger charge is 2.54. The lowest BCUT2D eigenvalue weighted by Crippen LogP contribution is -2.46. The zero-order valence-electron chi connectivity index (χ0n) is 12.5. The highest BCUT2D eigenvalue weighted by atomic mass is 16.6. The molecule has 1 unspecified atom stereocenters. The van der Waals surface area contributed by atoms with E-state index in [0.29, 0.717) is 5.56 Å². The molecule has 6 nitrogen and oxygen atoms in total. The number of carbonyl (C=O) groups excluding carboxylic acids is 1. The summed E-state index contributed by atoms with van der Waals surface area (Å²) in [7, 11) is 0. The Morgan fingerprint density at radius 3 is 2.00 bits per heavy atom. The molecule has 6 heteroatoms. The Morgan fingerprint density at radius 1 is 0.958 bits per heavy atom. The quantitative estimate of drug-likeness (QED) is 0.638. The van der Waals surface area contributed by atoms with Crippen molar-refractivity contribution in [3.63, 3.8) is 0 Å². The molecule has 0 amide bonds. The van der Waals surface area contributed by atoms with Gasteiger partial charge in [0, 0.05) is 0 Å². The standard InChI is InChI=1S/C18H16O6/c19-13-14(20)17(22)24-16(13)18(23,12-9-5-2-6-10-12)15(21)11-7-3-1-4-8-11/h1-10,15-16,19-21,23H/t15?,16-,18-/m0/s1. The molecule has 1 aliphatic rings. The van der Waals surface area contributed by atoms with Crippen LogP contribution in [-0.2, 0) is 15.1 Å². The molecule has 0 aliphatic carbocycles. The van der Waals surface area contributed by atoms with E-state index in [1.807, 2.05) is 0 Å². The molecule has 0 bridgehead atoms. The Balaban J connectivity index is 2.14. The van der Waals surface area contributed by atoms with E-state index in [2.05, 4.69) is 0 Å². The lowest BCUT2D eigenvalue weighted by Gasteiger charge is -2.37. The van der Waals surface area contributed by atoms with E-state index in [9.17, 15) is 25.2 Å². The molecule has 124 valence electrons. The number of benzene rings is 2. The molecule has 0 fully saturated rings. The topological polar surface area (TPSA) is 107 Å². The first-order chi connectivity index (χ1) is 11.5. The minimum absolute atomic E-state index is 0.223. The predicted molar refractivity (Wildman–Crippen MR) is 83.9 cm³/mol. The second-order valence-electron chi connectivity index (χ2n) is 5.52. The Kier molecular flexibility index (Phi) is 4.01. The maximum absolute atomic E-state index is 11.5. The van der Waals surface area contributed by atoms with E-state index in [-0.39, 0.29) is 5.56 Å². The van der Waals surface area contributed by atoms with Gasteiger partial charge in [0.05, 0.1) is 0 Å². The van der Waals surface area contributed by atoms with Gasteiger partial charge in [-0.1, -0.05) is 60.7 Å². The summed E-state index contributed by atoms with van der Waals surface area (Å²) < 4.78 is 4.93. The number of aliphatic hydroxyl groups is 4. The Hall–Kier alpha value is -2.83. The summed E-state index contributed by atoms with van der Waals surface area (Å²) >= 11 is 0. The summed E-state index contributed by atoms with van der Waals surface area (Å²) in [4.78, 5) is 11.5. The molecule has 24 heavy (non-hydrogen) atoms. The maximum atomic E-state index is 11.5. The van der Waals surface area contributed by atoms with Crippen LogP contribution in [0.4, 0.5) is 0 Å². The lowest BCUT2D eigenvalue weighted by molar-refractivity contribution is -0.176. The molecule has 2 aromatic carbocycles. The molecule has 0 aromatic heterocycles. The fourth-order valence-corrected chi connectivity index (χ4v) is 2.79. The zero-order chi connectivity index (χ0) is 17.3. The van der Waals surface area contributed by atoms with Gasteiger partial charge in [-0.3, -0.25) is 0 Å². The lowest BCUT2D eigenvalue weighted by atomic mass is 9.79. The van der Waals surface area contributed by atoms with Gasteiger partial charge >= 0.3 is 5.97 Å². The molecule has 0 radical (unpaired) electrons. The van der Waals surface area contributed by atoms with Crippen LogP contribution >= 0.6 is 0 Å². The third kappa shape index (κ3) is 2.42. The summed E-state index contributed by atoms with van der Waals surface area (Å²) in [6.07, 6.45) is -3.16. The predicted octanol–water partition coefficient (Wildman–Crippen LogP) is 1.86. The minimum Gasteiger partial charge on any atom is -0.505 e. The first-order valence-electron chi connectivity index (χ1n) is 7.30. The SMILES string of the molecule is O=C1O[C@H]([C@](O)(c2ccccc2)C(O)c2ccccc2)C(O)=C1O. The number of esters is 1. The van der Waals surface area contributed by atoms with Gasteiger partial charge in [-0.25, -0.2) is 4.79 Å². The van der Waals surface area contributed by atoms with E-state index in [4.69, 9.17) is 4.74 Å². The number of cyclic esters (lactones) is 1. The summed E-state index contributed by atoms with van der Waals surface area (Å²) in [6.45, 7) is 0. The monoisotopic (exact) mass is 328 g/mol. The van der Waals surface area contributed by atoms with Crippen molar-refractivity contribution in [3.8, 4) is 0 Å². The number of rotatable bonds is 4. The van der Waals surface area contributed by atoms with Crippen LogP contribution in [0.3, 0.4) is 0 Å². The van der Waals surface area contributed by atoms with E-state index < -0.39 is 35.3 Å². The Morgan fingerprint density at radius 2 is 1.50 bits per heavy atom. The van der Waals surface area contributed by atoms with Gasteiger partial charge in [0.15, 0.2) is 17.5 Å². The van der Waals surface area contributed by atoms with Gasteiger partial charge in [0.25, 0.3) is 0 Å². The molecule has 3 rings (SSSR count). The van der Waals surface area contributed by atoms with Crippen LogP contribution in [0.5, 0.6) is 0 Å². The normalized spacial score (nSPS) is 21.2. The second-order valence-corrected chi connectivity index (χ2v) is 5.52. The number of aliphatic hydroxyl groups excluding tert-OH is 3. The van der Waals surface area contributed by atoms with Crippen LogP contribution in [0.25, 0.3) is 0 Å². The third-order valence-corrected chi connectivity index (χ3v) is 4.08. The number of carbonyl (C=O) groups is 1. The van der Waals surface area contributed by atoms with E-state index >= 15 is 0 Å². The van der Waals surface area contributed by atoms with Crippen molar-refractivity contribution < 1.29 is 30.0 Å². The van der Waals surface area contributed by atoms with Crippen LogP contribution in [-0.4, -0.2) is 32.5 Å². The van der Waals surface area contributed by atoms with Crippen LogP contribution in [0.2, 0.25) is 0 Å². The molecule has 4 N–H and O–H groups in total. The summed E-state index contributed by atoms with van der Waals surface area (Å²) in [5.41, 5.74) is -1.60. The maximum Gasteiger partial charge on any atom is 0.378 e. The van der Waals surface area contributed by atoms with E-state index in [1.165, 1.54) is 12.1 Å². The van der Waals surface area contributed by atoms with Gasteiger partial charge in [0.2, 0.25) is 5.76 Å². The molecule has 1 heterocycles. The molecule has 0 spiro atoms. The first kappa shape index (κ1) is 16.0. The van der Waals surface area contributed by atoms with Crippen molar-refractivity contribution in [3.05, 3.63) is 83.3 Å². The van der Waals surface area contributed by atoms with Crippen molar-refractivity contribution in [2.75, 3.05) is 0 Å². The molecular weight excluding hydrogens is 312 g/mol. The van der Waals surface area contributed by atoms with Crippen LogP contribution in [0.1, 0.15) is 17.2 Å². The fraction of sp³-hybridized carbons (Fsp3) is 0.167. The molecule has 0 saturated carbocycles. The molecule has 0 saturated heterocycles. The van der Waals surface area contributed by atoms with Crippen molar-refractivity contribution >= 4 is 5.97 Å². The van der Waals surface area contributed by atoms with Crippen molar-refractivity contribution in [2.45, 2.75) is 17.8 Å². The van der Waals surface area contributed by atoms with Gasteiger partial charge in [-0.15, -0.1) is 0 Å². The molecule has 1 aliphatic heterocycles. The van der Waals surface area contributed by atoms with Gasteiger partial charge < -0.3 is 25.2 Å². The zero-order valence-corrected chi connectivity index (χ0v) is 12.5. The Labute approximate surface area is 137 Å². The van der Waals surface area contributed by atoms with Gasteiger partial charge in [-0.05, 0) is 11.1 Å². The van der Waals surface area contributed by atoms with Crippen LogP contribution < -0.4 is 0 Å². The Bertz CT molecular complexity index is 771. The van der Waals surface area contributed by atoms with E-state index in [0.717, 1.165) is 0 Å². The average Bonchev–Trinajstić information content (AvgIpc) is 2.89. The third-order valence-electron chi connectivity index (χ3n) is 4.08. The summed E-state index contributed by atoms with van der Waals surface area (Å²) in [6, 6.07) is 16.3. The van der Waals surface area contributed by atoms with Crippen LogP contribution in [0.15, 0.2) is 72.2 Å². The molecule has 2 aromatic rings. The summed E-state index contributed by atoms with van der Waals surface area (Å²) in [5, 5.41) is 41.7. The first-order valence-corrected chi connectivity index (χ1v) is 7.30.